The van der Waals surface area contributed by atoms with Gasteiger partial charge in [0.2, 0.25) is 11.8 Å². The number of anilines is 1. The van der Waals surface area contributed by atoms with Crippen LogP contribution < -0.4 is 10.1 Å². The molecule has 2 rings (SSSR count). The van der Waals surface area contributed by atoms with E-state index in [1.54, 1.807) is 0 Å². The Hall–Kier alpha value is -3.29. The minimum Gasteiger partial charge on any atom is -0.435 e. The van der Waals surface area contributed by atoms with Crippen LogP contribution in [0, 0.1) is 5.82 Å². The van der Waals surface area contributed by atoms with Crippen LogP contribution in [-0.2, 0) is 9.59 Å². The number of likely N-dealkylation sites (N-methyl/N-ethyl adjacent to an activating group) is 1. The van der Waals surface area contributed by atoms with Gasteiger partial charge in [0.05, 0.1) is 6.54 Å². The molecule has 0 radical (unpaired) electrons. The van der Waals surface area contributed by atoms with Gasteiger partial charge < -0.3 is 15.0 Å². The summed E-state index contributed by atoms with van der Waals surface area (Å²) in [6, 6.07) is 11.0. The van der Waals surface area contributed by atoms with Crippen molar-refractivity contribution in [2.24, 2.45) is 0 Å². The maximum atomic E-state index is 12.8. The van der Waals surface area contributed by atoms with E-state index in [4.69, 9.17) is 0 Å². The topological polar surface area (TPSA) is 58.6 Å². The van der Waals surface area contributed by atoms with E-state index in [0.717, 1.165) is 0 Å². The summed E-state index contributed by atoms with van der Waals surface area (Å²) in [5.74, 6) is -1.25. The van der Waals surface area contributed by atoms with E-state index in [-0.39, 0.29) is 12.3 Å². The maximum Gasteiger partial charge on any atom is 0.387 e. The highest BCUT2D eigenvalue weighted by Gasteiger charge is 2.11. The van der Waals surface area contributed by atoms with Crippen LogP contribution in [0.4, 0.5) is 18.9 Å². The second-order valence-electron chi connectivity index (χ2n) is 5.53. The number of alkyl halides is 2. The van der Waals surface area contributed by atoms with Crippen molar-refractivity contribution in [1.82, 2.24) is 4.90 Å². The molecule has 0 atom stereocenters. The van der Waals surface area contributed by atoms with Crippen LogP contribution in [0.15, 0.2) is 54.6 Å². The second kappa shape index (κ2) is 9.42. The Labute approximate surface area is 154 Å². The van der Waals surface area contributed by atoms with Crippen molar-refractivity contribution in [3.05, 3.63) is 66.0 Å². The summed E-state index contributed by atoms with van der Waals surface area (Å²) < 4.78 is 41.2. The molecule has 0 aromatic heterocycles. The van der Waals surface area contributed by atoms with E-state index in [1.807, 2.05) is 0 Å². The molecule has 2 aromatic rings. The number of nitrogens with one attached hydrogen (secondary N) is 1. The molecule has 0 spiro atoms. The van der Waals surface area contributed by atoms with Gasteiger partial charge in [0.15, 0.2) is 0 Å². The van der Waals surface area contributed by atoms with Gasteiger partial charge in [-0.25, -0.2) is 4.39 Å². The fourth-order valence-corrected chi connectivity index (χ4v) is 2.08. The van der Waals surface area contributed by atoms with Crippen molar-refractivity contribution in [3.8, 4) is 5.75 Å². The summed E-state index contributed by atoms with van der Waals surface area (Å²) in [6.45, 7) is -3.09. The molecule has 0 saturated heterocycles. The van der Waals surface area contributed by atoms with Gasteiger partial charge in [-0.15, -0.1) is 0 Å². The SMILES string of the molecule is CN(CC(=O)Nc1ccc(F)cc1)C(=O)/C=C/c1ccc(OC(F)F)cc1. The van der Waals surface area contributed by atoms with Crippen LogP contribution in [0.3, 0.4) is 0 Å². The van der Waals surface area contributed by atoms with E-state index in [9.17, 15) is 22.8 Å². The molecule has 2 aromatic carbocycles. The van der Waals surface area contributed by atoms with Gasteiger partial charge in [-0.2, -0.15) is 8.78 Å². The first-order valence-corrected chi connectivity index (χ1v) is 7.87. The smallest absolute Gasteiger partial charge is 0.387 e. The Kier molecular flexibility index (Phi) is 6.99. The lowest BCUT2D eigenvalue weighted by atomic mass is 10.2. The van der Waals surface area contributed by atoms with Crippen molar-refractivity contribution in [3.63, 3.8) is 0 Å². The van der Waals surface area contributed by atoms with E-state index in [0.29, 0.717) is 11.3 Å². The zero-order valence-electron chi connectivity index (χ0n) is 14.4. The van der Waals surface area contributed by atoms with Crippen molar-refractivity contribution in [2.75, 3.05) is 18.9 Å². The number of amides is 2. The summed E-state index contributed by atoms with van der Waals surface area (Å²) in [7, 11) is 1.45. The summed E-state index contributed by atoms with van der Waals surface area (Å²) in [6.07, 6.45) is 2.75. The number of carbonyl (C=O) groups is 2. The van der Waals surface area contributed by atoms with E-state index < -0.39 is 24.2 Å². The first kappa shape index (κ1) is 20.0. The fourth-order valence-electron chi connectivity index (χ4n) is 2.08. The molecule has 142 valence electrons. The lowest BCUT2D eigenvalue weighted by Crippen LogP contribution is -2.33. The standard InChI is InChI=1S/C19H17F3N2O3/c1-24(12-17(25)23-15-7-5-14(20)6-8-15)18(26)11-4-13-2-9-16(10-3-13)27-19(21)22/h2-11,19H,12H2,1H3,(H,23,25)/b11-4+. The molecular weight excluding hydrogens is 361 g/mol. The molecule has 0 unspecified atom stereocenters. The Morgan fingerprint density at radius 1 is 1.11 bits per heavy atom. The molecule has 0 aliphatic rings. The highest BCUT2D eigenvalue weighted by molar-refractivity contribution is 5.97. The molecule has 5 nitrogen and oxygen atoms in total. The minimum atomic E-state index is -2.90. The zero-order chi connectivity index (χ0) is 19.8. The van der Waals surface area contributed by atoms with Gasteiger partial charge in [0, 0.05) is 18.8 Å². The van der Waals surface area contributed by atoms with Crippen LogP contribution in [0.1, 0.15) is 5.56 Å². The normalized spacial score (nSPS) is 10.9. The van der Waals surface area contributed by atoms with Crippen LogP contribution in [-0.4, -0.2) is 36.9 Å². The predicted octanol–water partition coefficient (Wildman–Crippen LogP) is 3.54. The second-order valence-corrected chi connectivity index (χ2v) is 5.53. The quantitative estimate of drug-likeness (QED) is 0.750. The minimum absolute atomic E-state index is 0.0167. The molecule has 0 bridgehead atoms. The van der Waals surface area contributed by atoms with E-state index in [1.165, 1.54) is 72.6 Å². The number of halogens is 3. The Bertz CT molecular complexity index is 806. The van der Waals surface area contributed by atoms with E-state index >= 15 is 0 Å². The fraction of sp³-hybridized carbons (Fsp3) is 0.158. The third kappa shape index (κ3) is 6.85. The number of nitrogens with zero attached hydrogens (tertiary/aromatic N) is 1. The summed E-state index contributed by atoms with van der Waals surface area (Å²) in [5, 5.41) is 2.55. The lowest BCUT2D eigenvalue weighted by molar-refractivity contribution is -0.129. The average molecular weight is 378 g/mol. The number of carbonyl (C=O) groups excluding carboxylic acids is 2. The summed E-state index contributed by atoms with van der Waals surface area (Å²) in [4.78, 5) is 25.2. The number of hydrogen-bond acceptors (Lipinski definition) is 3. The van der Waals surface area contributed by atoms with Crippen LogP contribution >= 0.6 is 0 Å². The average Bonchev–Trinajstić information content (AvgIpc) is 2.62. The first-order chi connectivity index (χ1) is 12.8. The number of ether oxygens (including phenoxy) is 1. The molecule has 0 aliphatic heterocycles. The molecular formula is C19H17F3N2O3. The molecule has 0 heterocycles. The Morgan fingerprint density at radius 3 is 2.33 bits per heavy atom. The van der Waals surface area contributed by atoms with Gasteiger partial charge in [0.1, 0.15) is 11.6 Å². The third-order valence-electron chi connectivity index (χ3n) is 3.41. The Balaban J connectivity index is 1.86. The van der Waals surface area contributed by atoms with Gasteiger partial charge in [-0.05, 0) is 48.0 Å². The molecule has 0 saturated carbocycles. The predicted molar refractivity (Wildman–Crippen MR) is 94.8 cm³/mol. The largest absolute Gasteiger partial charge is 0.435 e. The van der Waals surface area contributed by atoms with Crippen LogP contribution in [0.5, 0.6) is 5.75 Å². The summed E-state index contributed by atoms with van der Waals surface area (Å²) >= 11 is 0. The number of hydrogen-bond donors (Lipinski definition) is 1. The van der Waals surface area contributed by atoms with Gasteiger partial charge >= 0.3 is 6.61 Å². The van der Waals surface area contributed by atoms with Crippen molar-refractivity contribution < 1.29 is 27.5 Å². The number of benzene rings is 2. The van der Waals surface area contributed by atoms with E-state index in [2.05, 4.69) is 10.1 Å². The van der Waals surface area contributed by atoms with Gasteiger partial charge in [-0.3, -0.25) is 9.59 Å². The molecule has 0 fully saturated rings. The highest BCUT2D eigenvalue weighted by Crippen LogP contribution is 2.15. The van der Waals surface area contributed by atoms with Crippen molar-refractivity contribution >= 4 is 23.6 Å². The van der Waals surface area contributed by atoms with Crippen LogP contribution in [0.25, 0.3) is 6.08 Å². The Morgan fingerprint density at radius 2 is 1.74 bits per heavy atom. The van der Waals surface area contributed by atoms with Crippen molar-refractivity contribution in [1.29, 1.82) is 0 Å². The summed E-state index contributed by atoms with van der Waals surface area (Å²) in [5.41, 5.74) is 1.03. The maximum absolute atomic E-state index is 12.8. The van der Waals surface area contributed by atoms with Crippen LogP contribution in [0.2, 0.25) is 0 Å². The van der Waals surface area contributed by atoms with Gasteiger partial charge in [0.25, 0.3) is 0 Å². The molecule has 0 aliphatic carbocycles. The van der Waals surface area contributed by atoms with Crippen molar-refractivity contribution in [2.45, 2.75) is 6.61 Å². The zero-order valence-corrected chi connectivity index (χ0v) is 14.4. The monoisotopic (exact) mass is 378 g/mol. The molecule has 27 heavy (non-hydrogen) atoms. The lowest BCUT2D eigenvalue weighted by Gasteiger charge is -2.14. The molecule has 1 N–H and O–H groups in total. The molecule has 8 heteroatoms. The first-order valence-electron chi connectivity index (χ1n) is 7.87. The van der Waals surface area contributed by atoms with Gasteiger partial charge in [-0.1, -0.05) is 12.1 Å². The third-order valence-corrected chi connectivity index (χ3v) is 3.41. The highest BCUT2D eigenvalue weighted by atomic mass is 19.3. The molecule has 2 amide bonds. The number of rotatable bonds is 7.